The highest BCUT2D eigenvalue weighted by molar-refractivity contribution is 7.98. The molecule has 0 aliphatic heterocycles. The van der Waals surface area contributed by atoms with Crippen LogP contribution < -0.4 is 22.1 Å². The highest BCUT2D eigenvalue weighted by atomic mass is 32.2. The summed E-state index contributed by atoms with van der Waals surface area (Å²) in [6, 6.07) is -1.48. The normalized spacial score (nSPS) is 13.2. The lowest BCUT2D eigenvalue weighted by Gasteiger charge is -2.20. The Kier molecular flexibility index (Phi) is 11.5. The summed E-state index contributed by atoms with van der Waals surface area (Å²) in [4.78, 5) is 34.4. The summed E-state index contributed by atoms with van der Waals surface area (Å²) in [6.45, 7) is 0.0648. The van der Waals surface area contributed by atoms with Gasteiger partial charge in [-0.05, 0) is 37.8 Å². The molecular formula is C13H26N4O4S. The molecule has 7 N–H and O–H groups in total. The van der Waals surface area contributed by atoms with E-state index >= 15 is 0 Å². The molecule has 0 rings (SSSR count). The number of carbonyl (C=O) groups excluding carboxylic acids is 2. The van der Waals surface area contributed by atoms with E-state index in [0.29, 0.717) is 25.1 Å². The van der Waals surface area contributed by atoms with Crippen LogP contribution in [0, 0.1) is 0 Å². The number of thioether (sulfide) groups is 1. The van der Waals surface area contributed by atoms with Gasteiger partial charge in [-0.15, -0.1) is 0 Å². The minimum atomic E-state index is -1.14. The van der Waals surface area contributed by atoms with Crippen molar-refractivity contribution in [2.45, 2.75) is 37.8 Å². The van der Waals surface area contributed by atoms with Crippen molar-refractivity contribution in [3.05, 3.63) is 0 Å². The summed E-state index contributed by atoms with van der Waals surface area (Å²) in [5.74, 6) is -1.40. The lowest BCUT2D eigenvalue weighted by atomic mass is 10.1. The molecule has 0 aromatic rings. The fraction of sp³-hybridized carbons (Fsp3) is 0.769. The fourth-order valence-corrected chi connectivity index (χ4v) is 2.18. The largest absolute Gasteiger partial charge is 0.480 e. The van der Waals surface area contributed by atoms with Gasteiger partial charge in [-0.25, -0.2) is 0 Å². The maximum absolute atomic E-state index is 12.0. The summed E-state index contributed by atoms with van der Waals surface area (Å²) in [6.07, 6.45) is 4.32. The van der Waals surface area contributed by atoms with Gasteiger partial charge < -0.3 is 27.2 Å². The number of aliphatic carboxylic acids is 1. The van der Waals surface area contributed by atoms with Gasteiger partial charge in [-0.2, -0.15) is 11.8 Å². The molecule has 0 saturated heterocycles. The van der Waals surface area contributed by atoms with Gasteiger partial charge in [-0.3, -0.25) is 14.4 Å². The van der Waals surface area contributed by atoms with E-state index in [2.05, 4.69) is 10.6 Å². The topological polar surface area (TPSA) is 148 Å². The SMILES string of the molecule is CSCC[C@H](NC(=O)[C@@H](N)CCCCN)C(=O)NCC(=O)O. The number of carboxylic acid groups (broad SMARTS) is 1. The average Bonchev–Trinajstić information content (AvgIpc) is 2.48. The van der Waals surface area contributed by atoms with Gasteiger partial charge in [0.15, 0.2) is 0 Å². The van der Waals surface area contributed by atoms with Crippen LogP contribution in [0.5, 0.6) is 0 Å². The number of unbranched alkanes of at least 4 members (excludes halogenated alkanes) is 1. The Morgan fingerprint density at radius 3 is 2.41 bits per heavy atom. The summed E-state index contributed by atoms with van der Waals surface area (Å²) < 4.78 is 0. The second kappa shape index (κ2) is 12.2. The molecule has 8 nitrogen and oxygen atoms in total. The van der Waals surface area contributed by atoms with Gasteiger partial charge in [0.2, 0.25) is 11.8 Å². The first-order valence-corrected chi connectivity index (χ1v) is 8.56. The number of hydrogen-bond donors (Lipinski definition) is 5. The van der Waals surface area contributed by atoms with Gasteiger partial charge in [0.05, 0.1) is 6.04 Å². The quantitative estimate of drug-likeness (QED) is 0.284. The van der Waals surface area contributed by atoms with E-state index in [1.807, 2.05) is 6.26 Å². The number of nitrogens with two attached hydrogens (primary N) is 2. The molecular weight excluding hydrogens is 308 g/mol. The zero-order valence-corrected chi connectivity index (χ0v) is 13.7. The fourth-order valence-electron chi connectivity index (χ4n) is 1.71. The molecule has 0 unspecified atom stereocenters. The van der Waals surface area contributed by atoms with E-state index in [0.717, 1.165) is 12.8 Å². The first kappa shape index (κ1) is 20.7. The molecule has 0 fully saturated rings. The van der Waals surface area contributed by atoms with Crippen molar-refractivity contribution in [3.8, 4) is 0 Å². The number of hydrogen-bond acceptors (Lipinski definition) is 6. The first-order valence-electron chi connectivity index (χ1n) is 7.16. The number of amides is 2. The molecule has 2 amide bonds. The standard InChI is InChI=1S/C13H26N4O4S/c1-22-7-5-10(13(21)16-8-11(18)19)17-12(20)9(15)4-2-3-6-14/h9-10H,2-8,14-15H2,1H3,(H,16,21)(H,17,20)(H,18,19)/t9-,10-/m0/s1. The summed E-state index contributed by atoms with van der Waals surface area (Å²) in [5, 5.41) is 13.4. The Bertz CT molecular complexity index is 368. The number of nitrogens with one attached hydrogen (secondary N) is 2. The lowest BCUT2D eigenvalue weighted by molar-refractivity contribution is -0.138. The Morgan fingerprint density at radius 2 is 1.86 bits per heavy atom. The molecule has 22 heavy (non-hydrogen) atoms. The predicted molar refractivity (Wildman–Crippen MR) is 86.5 cm³/mol. The summed E-state index contributed by atoms with van der Waals surface area (Å²) in [7, 11) is 0. The highest BCUT2D eigenvalue weighted by Crippen LogP contribution is 2.03. The van der Waals surface area contributed by atoms with Gasteiger partial charge in [0.1, 0.15) is 12.6 Å². The second-order valence-electron chi connectivity index (χ2n) is 4.85. The van der Waals surface area contributed by atoms with Crippen LogP contribution >= 0.6 is 11.8 Å². The third-order valence-electron chi connectivity index (χ3n) is 2.96. The van der Waals surface area contributed by atoms with Crippen molar-refractivity contribution in [2.24, 2.45) is 11.5 Å². The van der Waals surface area contributed by atoms with Crippen LogP contribution in [0.2, 0.25) is 0 Å². The number of rotatable bonds is 12. The van der Waals surface area contributed by atoms with E-state index < -0.39 is 36.4 Å². The van der Waals surface area contributed by atoms with Crippen molar-refractivity contribution in [2.75, 3.05) is 25.1 Å². The number of carbonyl (C=O) groups is 3. The molecule has 0 saturated carbocycles. The van der Waals surface area contributed by atoms with Crippen molar-refractivity contribution < 1.29 is 19.5 Å². The Labute approximate surface area is 134 Å². The molecule has 9 heteroatoms. The van der Waals surface area contributed by atoms with Crippen molar-refractivity contribution >= 4 is 29.5 Å². The molecule has 0 aromatic heterocycles. The molecule has 0 aromatic carbocycles. The van der Waals surface area contributed by atoms with E-state index in [4.69, 9.17) is 16.6 Å². The predicted octanol–water partition coefficient (Wildman–Crippen LogP) is -1.12. The molecule has 0 radical (unpaired) electrons. The average molecular weight is 334 g/mol. The van der Waals surface area contributed by atoms with Crippen molar-refractivity contribution in [1.29, 1.82) is 0 Å². The van der Waals surface area contributed by atoms with Crippen LogP contribution in [0.1, 0.15) is 25.7 Å². The van der Waals surface area contributed by atoms with Gasteiger partial charge >= 0.3 is 5.97 Å². The first-order chi connectivity index (χ1) is 10.4. The lowest BCUT2D eigenvalue weighted by Crippen LogP contribution is -2.52. The Balaban J connectivity index is 4.45. The van der Waals surface area contributed by atoms with Gasteiger partial charge in [0.25, 0.3) is 0 Å². The molecule has 0 bridgehead atoms. The monoisotopic (exact) mass is 334 g/mol. The Hall–Kier alpha value is -1.32. The maximum atomic E-state index is 12.0. The zero-order chi connectivity index (χ0) is 17.0. The van der Waals surface area contributed by atoms with Gasteiger partial charge in [0, 0.05) is 0 Å². The smallest absolute Gasteiger partial charge is 0.322 e. The molecule has 0 heterocycles. The Morgan fingerprint density at radius 1 is 1.18 bits per heavy atom. The maximum Gasteiger partial charge on any atom is 0.322 e. The minimum absolute atomic E-state index is 0.409. The van der Waals surface area contributed by atoms with Crippen molar-refractivity contribution in [3.63, 3.8) is 0 Å². The molecule has 0 spiro atoms. The molecule has 128 valence electrons. The van der Waals surface area contributed by atoms with Gasteiger partial charge in [-0.1, -0.05) is 6.42 Å². The number of carboxylic acids is 1. The van der Waals surface area contributed by atoms with E-state index in [-0.39, 0.29) is 0 Å². The van der Waals surface area contributed by atoms with Crippen LogP contribution in [0.25, 0.3) is 0 Å². The van der Waals surface area contributed by atoms with E-state index in [1.54, 1.807) is 0 Å². The molecule has 0 aliphatic carbocycles. The summed E-state index contributed by atoms with van der Waals surface area (Å²) >= 11 is 1.53. The van der Waals surface area contributed by atoms with Crippen LogP contribution in [-0.4, -0.2) is 60.1 Å². The minimum Gasteiger partial charge on any atom is -0.480 e. The zero-order valence-electron chi connectivity index (χ0n) is 12.8. The third-order valence-corrected chi connectivity index (χ3v) is 3.61. The summed E-state index contributed by atoms with van der Waals surface area (Å²) in [5.41, 5.74) is 11.2. The molecule has 2 atom stereocenters. The third kappa shape index (κ3) is 9.59. The van der Waals surface area contributed by atoms with Crippen LogP contribution in [0.3, 0.4) is 0 Å². The van der Waals surface area contributed by atoms with Crippen LogP contribution in [-0.2, 0) is 14.4 Å². The van der Waals surface area contributed by atoms with E-state index in [9.17, 15) is 14.4 Å². The van der Waals surface area contributed by atoms with Crippen LogP contribution in [0.15, 0.2) is 0 Å². The van der Waals surface area contributed by atoms with Crippen molar-refractivity contribution in [1.82, 2.24) is 10.6 Å². The molecule has 0 aliphatic rings. The highest BCUT2D eigenvalue weighted by Gasteiger charge is 2.23. The van der Waals surface area contributed by atoms with Crippen LogP contribution in [0.4, 0.5) is 0 Å². The second-order valence-corrected chi connectivity index (χ2v) is 5.83. The van der Waals surface area contributed by atoms with E-state index in [1.165, 1.54) is 11.8 Å².